The van der Waals surface area contributed by atoms with Gasteiger partial charge in [0, 0.05) is 41.7 Å². The molecule has 2 aliphatic rings. The number of piperidine rings is 1. The Balaban J connectivity index is 1.36. The lowest BCUT2D eigenvalue weighted by Crippen LogP contribution is -2.52. The fourth-order valence-electron chi connectivity index (χ4n) is 3.68. The first-order valence-corrected chi connectivity index (χ1v) is 10.2. The molecule has 2 aromatic rings. The highest BCUT2D eigenvalue weighted by Crippen LogP contribution is 2.29. The number of rotatable bonds is 4. The van der Waals surface area contributed by atoms with Crippen LogP contribution < -0.4 is 10.6 Å². The lowest BCUT2D eigenvalue weighted by atomic mass is 9.98. The van der Waals surface area contributed by atoms with Crippen molar-refractivity contribution in [2.75, 3.05) is 25.0 Å². The van der Waals surface area contributed by atoms with Gasteiger partial charge in [-0.15, -0.1) is 0 Å². The second-order valence-electron chi connectivity index (χ2n) is 7.29. The Morgan fingerprint density at radius 3 is 2.69 bits per heavy atom. The molecule has 0 atom stereocenters. The smallest absolute Gasteiger partial charge is 0.272 e. The standard InChI is InChI=1S/C21H20BrFN4O2/c22-15-4-2-6-17(12-15)24-18(28)13-27-9-7-21(8-10-27)25-19(20(29)26-21)14-3-1-5-16(23)11-14/h1-6,11-12H,7-10,13H2,(H,24,28)(H,26,29). The van der Waals surface area contributed by atoms with E-state index in [0.717, 1.165) is 10.2 Å². The van der Waals surface area contributed by atoms with Crippen molar-refractivity contribution in [2.24, 2.45) is 4.99 Å². The van der Waals surface area contributed by atoms with Crippen LogP contribution in [0.1, 0.15) is 18.4 Å². The molecule has 150 valence electrons. The predicted octanol–water partition coefficient (Wildman–Crippen LogP) is 2.94. The number of nitrogens with zero attached hydrogens (tertiary/aromatic N) is 2. The molecule has 0 aliphatic carbocycles. The Labute approximate surface area is 176 Å². The quantitative estimate of drug-likeness (QED) is 0.739. The molecule has 0 bridgehead atoms. The molecule has 2 N–H and O–H groups in total. The summed E-state index contributed by atoms with van der Waals surface area (Å²) in [4.78, 5) is 31.4. The molecule has 1 spiro atoms. The highest BCUT2D eigenvalue weighted by molar-refractivity contribution is 9.10. The van der Waals surface area contributed by atoms with E-state index in [9.17, 15) is 14.0 Å². The zero-order valence-corrected chi connectivity index (χ0v) is 17.2. The first-order valence-electron chi connectivity index (χ1n) is 9.39. The second-order valence-corrected chi connectivity index (χ2v) is 8.21. The number of aliphatic imine (C=N–C) groups is 1. The van der Waals surface area contributed by atoms with Crippen LogP contribution in [0.4, 0.5) is 10.1 Å². The Hall–Kier alpha value is -2.58. The van der Waals surface area contributed by atoms with E-state index >= 15 is 0 Å². The monoisotopic (exact) mass is 458 g/mol. The van der Waals surface area contributed by atoms with Crippen molar-refractivity contribution in [1.29, 1.82) is 0 Å². The molecule has 2 amide bonds. The summed E-state index contributed by atoms with van der Waals surface area (Å²) in [6, 6.07) is 13.4. The van der Waals surface area contributed by atoms with Crippen molar-refractivity contribution < 1.29 is 14.0 Å². The van der Waals surface area contributed by atoms with Crippen LogP contribution in [0.3, 0.4) is 0 Å². The van der Waals surface area contributed by atoms with E-state index in [2.05, 4.69) is 31.6 Å². The summed E-state index contributed by atoms with van der Waals surface area (Å²) in [5.41, 5.74) is 0.821. The zero-order chi connectivity index (χ0) is 20.4. The molecule has 0 unspecified atom stereocenters. The first-order chi connectivity index (χ1) is 13.9. The third kappa shape index (κ3) is 4.54. The highest BCUT2D eigenvalue weighted by atomic mass is 79.9. The number of carbonyl (C=O) groups excluding carboxylic acids is 2. The average Bonchev–Trinajstić information content (AvgIpc) is 3.00. The molecule has 2 aliphatic heterocycles. The van der Waals surface area contributed by atoms with Crippen LogP contribution >= 0.6 is 15.9 Å². The summed E-state index contributed by atoms with van der Waals surface area (Å²) >= 11 is 3.39. The summed E-state index contributed by atoms with van der Waals surface area (Å²) in [5.74, 6) is -0.764. The minimum atomic E-state index is -0.671. The van der Waals surface area contributed by atoms with Crippen molar-refractivity contribution in [3.05, 3.63) is 64.4 Å². The molecule has 0 radical (unpaired) electrons. The minimum Gasteiger partial charge on any atom is -0.326 e. The maximum atomic E-state index is 13.5. The summed E-state index contributed by atoms with van der Waals surface area (Å²) in [6.07, 6.45) is 1.20. The van der Waals surface area contributed by atoms with Crippen LogP contribution in [0.25, 0.3) is 0 Å². The van der Waals surface area contributed by atoms with Gasteiger partial charge in [0.25, 0.3) is 5.91 Å². The number of anilines is 1. The molecule has 6 nitrogen and oxygen atoms in total. The molecule has 0 aromatic heterocycles. The third-order valence-electron chi connectivity index (χ3n) is 5.14. The van der Waals surface area contributed by atoms with Gasteiger partial charge < -0.3 is 10.6 Å². The fraction of sp³-hybridized carbons (Fsp3) is 0.286. The van der Waals surface area contributed by atoms with Crippen LogP contribution in [0.15, 0.2) is 58.0 Å². The lowest BCUT2D eigenvalue weighted by molar-refractivity contribution is -0.119. The van der Waals surface area contributed by atoms with E-state index in [1.807, 2.05) is 29.2 Å². The first kappa shape index (κ1) is 19.7. The molecule has 2 aromatic carbocycles. The van der Waals surface area contributed by atoms with Crippen LogP contribution in [-0.2, 0) is 9.59 Å². The Bertz CT molecular complexity index is 986. The van der Waals surface area contributed by atoms with Gasteiger partial charge in [0.1, 0.15) is 17.2 Å². The van der Waals surface area contributed by atoms with E-state index < -0.39 is 11.5 Å². The second kappa shape index (κ2) is 8.04. The molecule has 4 rings (SSSR count). The van der Waals surface area contributed by atoms with Crippen LogP contribution in [0.2, 0.25) is 0 Å². The maximum Gasteiger partial charge on any atom is 0.272 e. The van der Waals surface area contributed by atoms with Crippen molar-refractivity contribution in [1.82, 2.24) is 10.2 Å². The zero-order valence-electron chi connectivity index (χ0n) is 15.6. The molecular formula is C21H20BrFN4O2. The van der Waals surface area contributed by atoms with Gasteiger partial charge in [-0.1, -0.05) is 34.1 Å². The molecule has 1 saturated heterocycles. The Morgan fingerprint density at radius 1 is 1.21 bits per heavy atom. The lowest BCUT2D eigenvalue weighted by Gasteiger charge is -2.36. The molecule has 2 heterocycles. The van der Waals surface area contributed by atoms with E-state index in [4.69, 9.17) is 0 Å². The number of likely N-dealkylation sites (tertiary alicyclic amines) is 1. The van der Waals surface area contributed by atoms with Gasteiger partial charge in [0.15, 0.2) is 0 Å². The summed E-state index contributed by atoms with van der Waals surface area (Å²) < 4.78 is 14.4. The van der Waals surface area contributed by atoms with Crippen molar-refractivity contribution >= 4 is 39.1 Å². The fourth-order valence-corrected chi connectivity index (χ4v) is 4.08. The van der Waals surface area contributed by atoms with Gasteiger partial charge in [-0.25, -0.2) is 4.39 Å². The number of nitrogens with one attached hydrogen (secondary N) is 2. The average molecular weight is 459 g/mol. The van der Waals surface area contributed by atoms with E-state index in [-0.39, 0.29) is 24.1 Å². The number of carbonyl (C=O) groups is 2. The van der Waals surface area contributed by atoms with Gasteiger partial charge in [0.2, 0.25) is 5.91 Å². The van der Waals surface area contributed by atoms with Crippen molar-refractivity contribution in [3.8, 4) is 0 Å². The molecule has 0 saturated carbocycles. The van der Waals surface area contributed by atoms with E-state index in [1.165, 1.54) is 12.1 Å². The van der Waals surface area contributed by atoms with Gasteiger partial charge in [-0.05, 0) is 30.3 Å². The third-order valence-corrected chi connectivity index (χ3v) is 5.64. The summed E-state index contributed by atoms with van der Waals surface area (Å²) in [5, 5.41) is 5.85. The maximum absolute atomic E-state index is 13.5. The SMILES string of the molecule is O=C(CN1CCC2(CC1)N=C(c1cccc(F)c1)C(=O)N2)Nc1cccc(Br)c1. The van der Waals surface area contributed by atoms with E-state index in [0.29, 0.717) is 31.5 Å². The largest absolute Gasteiger partial charge is 0.326 e. The molecule has 8 heteroatoms. The Morgan fingerprint density at radius 2 is 1.97 bits per heavy atom. The number of halogens is 2. The molecular weight excluding hydrogens is 439 g/mol. The van der Waals surface area contributed by atoms with Crippen LogP contribution in [0, 0.1) is 5.82 Å². The van der Waals surface area contributed by atoms with Crippen LogP contribution in [-0.4, -0.2) is 47.7 Å². The van der Waals surface area contributed by atoms with Gasteiger partial charge in [0.05, 0.1) is 6.54 Å². The van der Waals surface area contributed by atoms with Crippen LogP contribution in [0.5, 0.6) is 0 Å². The predicted molar refractivity (Wildman–Crippen MR) is 112 cm³/mol. The number of benzene rings is 2. The Kier molecular flexibility index (Phi) is 5.47. The summed E-state index contributed by atoms with van der Waals surface area (Å²) in [7, 11) is 0. The highest BCUT2D eigenvalue weighted by Gasteiger charge is 2.42. The number of hydrogen-bond donors (Lipinski definition) is 2. The number of hydrogen-bond acceptors (Lipinski definition) is 4. The van der Waals surface area contributed by atoms with Gasteiger partial charge in [-0.2, -0.15) is 0 Å². The molecule has 29 heavy (non-hydrogen) atoms. The van der Waals surface area contributed by atoms with Gasteiger partial charge >= 0.3 is 0 Å². The summed E-state index contributed by atoms with van der Waals surface area (Å²) in [6.45, 7) is 1.54. The topological polar surface area (TPSA) is 73.8 Å². The normalized spacial score (nSPS) is 18.4. The minimum absolute atomic E-state index is 0.0848. The number of amides is 2. The van der Waals surface area contributed by atoms with Crippen molar-refractivity contribution in [3.63, 3.8) is 0 Å². The molecule has 1 fully saturated rings. The van der Waals surface area contributed by atoms with Crippen molar-refractivity contribution in [2.45, 2.75) is 18.5 Å². The van der Waals surface area contributed by atoms with Gasteiger partial charge in [-0.3, -0.25) is 19.5 Å². The van der Waals surface area contributed by atoms with E-state index in [1.54, 1.807) is 12.1 Å².